The molecule has 1 unspecified atom stereocenters. The molecule has 1 amide bonds. The zero-order valence-electron chi connectivity index (χ0n) is 18.2. The Bertz CT molecular complexity index is 1180. The van der Waals surface area contributed by atoms with Crippen molar-refractivity contribution >= 4 is 33.5 Å². The van der Waals surface area contributed by atoms with E-state index >= 15 is 0 Å². The Morgan fingerprint density at radius 2 is 1.63 bits per heavy atom. The van der Waals surface area contributed by atoms with Crippen molar-refractivity contribution < 1.29 is 32.3 Å². The monoisotopic (exact) mass is 552 g/mol. The van der Waals surface area contributed by atoms with Gasteiger partial charge >= 0.3 is 12.1 Å². The maximum absolute atomic E-state index is 13.7. The molecule has 1 atom stereocenters. The summed E-state index contributed by atoms with van der Waals surface area (Å²) >= 11 is 3.15. The van der Waals surface area contributed by atoms with Gasteiger partial charge in [0.05, 0.1) is 22.5 Å². The van der Waals surface area contributed by atoms with E-state index in [9.17, 15) is 27.2 Å². The van der Waals surface area contributed by atoms with Gasteiger partial charge in [-0.05, 0) is 82.0 Å². The van der Waals surface area contributed by atoms with E-state index in [2.05, 4.69) is 26.6 Å². The molecule has 0 fully saturated rings. The molecular weight excluding hydrogens is 532 g/mol. The number of carbonyl (C=O) groups is 2. The number of carboxylic acids is 1. The summed E-state index contributed by atoms with van der Waals surface area (Å²) in [7, 11) is 0. The first-order valence-electron chi connectivity index (χ1n) is 10.5. The average molecular weight is 553 g/mol. The van der Waals surface area contributed by atoms with E-state index in [1.54, 1.807) is 36.4 Å². The number of hydrogen-bond donors (Lipinski definition) is 3. The number of rotatable bonds is 9. The number of halogens is 5. The molecule has 0 heterocycles. The second kappa shape index (κ2) is 11.4. The summed E-state index contributed by atoms with van der Waals surface area (Å²) in [6.07, 6.45) is -4.30. The number of carbonyl (C=O) groups excluding carboxylic acids is 1. The molecular formula is C25H21BrF4N2O3. The number of hydrogen-bond acceptors (Lipinski definition) is 3. The van der Waals surface area contributed by atoms with Crippen LogP contribution in [0, 0.1) is 5.82 Å². The van der Waals surface area contributed by atoms with Crippen LogP contribution in [0.1, 0.15) is 39.5 Å². The molecule has 0 aliphatic rings. The molecule has 0 spiro atoms. The molecule has 3 aromatic carbocycles. The van der Waals surface area contributed by atoms with E-state index in [0.29, 0.717) is 23.2 Å². The second-order valence-corrected chi connectivity index (χ2v) is 8.60. The minimum Gasteiger partial charge on any atom is -0.481 e. The van der Waals surface area contributed by atoms with Gasteiger partial charge in [-0.2, -0.15) is 13.2 Å². The van der Waals surface area contributed by atoms with Gasteiger partial charge in [0.15, 0.2) is 0 Å². The lowest BCUT2D eigenvalue weighted by Crippen LogP contribution is -2.25. The van der Waals surface area contributed by atoms with Crippen LogP contribution < -0.4 is 10.6 Å². The number of amides is 1. The molecule has 0 aliphatic carbocycles. The Labute approximate surface area is 207 Å². The lowest BCUT2D eigenvalue weighted by atomic mass is 9.97. The van der Waals surface area contributed by atoms with Crippen LogP contribution in [0.3, 0.4) is 0 Å². The lowest BCUT2D eigenvalue weighted by Gasteiger charge is -2.22. The lowest BCUT2D eigenvalue weighted by molar-refractivity contribution is -0.138. The highest BCUT2D eigenvalue weighted by Crippen LogP contribution is 2.32. The maximum Gasteiger partial charge on any atom is 0.416 e. The summed E-state index contributed by atoms with van der Waals surface area (Å²) in [5.74, 6) is -1.87. The van der Waals surface area contributed by atoms with Crippen molar-refractivity contribution in [3.05, 3.63) is 99.3 Å². The summed E-state index contributed by atoms with van der Waals surface area (Å²) in [5, 5.41) is 14.4. The van der Waals surface area contributed by atoms with Crippen LogP contribution in [0.4, 0.5) is 23.2 Å². The van der Waals surface area contributed by atoms with Gasteiger partial charge in [-0.25, -0.2) is 4.39 Å². The summed E-state index contributed by atoms with van der Waals surface area (Å²) in [4.78, 5) is 22.7. The normalized spacial score (nSPS) is 12.1. The molecule has 3 aromatic rings. The minimum absolute atomic E-state index is 0.00259. The van der Waals surface area contributed by atoms with E-state index in [1.165, 1.54) is 18.2 Å². The molecule has 0 radical (unpaired) electrons. The number of anilines is 1. The van der Waals surface area contributed by atoms with E-state index in [4.69, 9.17) is 5.11 Å². The standard InChI is InChI=1S/C25H21BrF4N2O3/c26-20-13-15(1-10-21(20)27)14-22(16-2-6-18(7-3-16)25(28,29)30)32-19-8-4-17(5-9-19)24(35)31-12-11-23(33)34/h1-10,13,22,32H,11-12,14H2,(H,31,35)(H,33,34). The van der Waals surface area contributed by atoms with E-state index < -0.39 is 35.5 Å². The van der Waals surface area contributed by atoms with Crippen molar-refractivity contribution in [1.82, 2.24) is 5.32 Å². The Kier molecular flexibility index (Phi) is 8.50. The predicted molar refractivity (Wildman–Crippen MR) is 127 cm³/mol. The topological polar surface area (TPSA) is 78.4 Å². The zero-order valence-corrected chi connectivity index (χ0v) is 19.8. The smallest absolute Gasteiger partial charge is 0.416 e. The van der Waals surface area contributed by atoms with Crippen molar-refractivity contribution in [2.24, 2.45) is 0 Å². The highest BCUT2D eigenvalue weighted by atomic mass is 79.9. The summed E-state index contributed by atoms with van der Waals surface area (Å²) < 4.78 is 52.9. The number of carboxylic acid groups (broad SMARTS) is 1. The quantitative estimate of drug-likeness (QED) is 0.276. The molecule has 35 heavy (non-hydrogen) atoms. The van der Waals surface area contributed by atoms with Crippen molar-refractivity contribution in [2.45, 2.75) is 25.1 Å². The molecule has 0 aromatic heterocycles. The molecule has 184 valence electrons. The largest absolute Gasteiger partial charge is 0.481 e. The van der Waals surface area contributed by atoms with Crippen molar-refractivity contribution in [2.75, 3.05) is 11.9 Å². The fraction of sp³-hybridized carbons (Fsp3) is 0.200. The molecule has 5 nitrogen and oxygen atoms in total. The fourth-order valence-corrected chi connectivity index (χ4v) is 3.79. The maximum atomic E-state index is 13.7. The Hall–Kier alpha value is -3.40. The van der Waals surface area contributed by atoms with E-state index in [0.717, 1.165) is 17.7 Å². The Balaban J connectivity index is 1.80. The van der Waals surface area contributed by atoms with Gasteiger partial charge in [0.1, 0.15) is 5.82 Å². The third kappa shape index (κ3) is 7.54. The van der Waals surface area contributed by atoms with Crippen molar-refractivity contribution in [3.63, 3.8) is 0 Å². The number of aliphatic carboxylic acids is 1. The molecule has 3 rings (SSSR count). The van der Waals surface area contributed by atoms with Crippen LogP contribution in [0.15, 0.2) is 71.2 Å². The van der Waals surface area contributed by atoms with Crippen LogP contribution in [-0.2, 0) is 17.4 Å². The average Bonchev–Trinajstić information content (AvgIpc) is 2.80. The Morgan fingerprint density at radius 3 is 2.20 bits per heavy atom. The number of nitrogens with one attached hydrogen (secondary N) is 2. The molecule has 0 saturated carbocycles. The predicted octanol–water partition coefficient (Wildman–Crippen LogP) is 6.21. The Morgan fingerprint density at radius 1 is 0.971 bits per heavy atom. The van der Waals surface area contributed by atoms with Gasteiger partial charge < -0.3 is 15.7 Å². The van der Waals surface area contributed by atoms with Crippen LogP contribution in [0.25, 0.3) is 0 Å². The number of alkyl halides is 3. The molecule has 0 bridgehead atoms. The zero-order chi connectivity index (χ0) is 25.6. The minimum atomic E-state index is -4.45. The highest BCUT2D eigenvalue weighted by molar-refractivity contribution is 9.10. The van der Waals surface area contributed by atoms with E-state index in [-0.39, 0.29) is 17.4 Å². The summed E-state index contributed by atoms with van der Waals surface area (Å²) in [5.41, 5.74) is 1.52. The first-order valence-corrected chi connectivity index (χ1v) is 11.3. The van der Waals surface area contributed by atoms with Gasteiger partial charge in [-0.3, -0.25) is 9.59 Å². The van der Waals surface area contributed by atoms with Gasteiger partial charge in [0.25, 0.3) is 5.91 Å². The van der Waals surface area contributed by atoms with Crippen LogP contribution in [0.2, 0.25) is 0 Å². The van der Waals surface area contributed by atoms with Gasteiger partial charge in [-0.1, -0.05) is 18.2 Å². The third-order valence-corrected chi connectivity index (χ3v) is 5.78. The first kappa shape index (κ1) is 26.2. The third-order valence-electron chi connectivity index (χ3n) is 5.18. The molecule has 0 saturated heterocycles. The van der Waals surface area contributed by atoms with Crippen LogP contribution in [-0.4, -0.2) is 23.5 Å². The van der Waals surface area contributed by atoms with Crippen molar-refractivity contribution in [3.8, 4) is 0 Å². The van der Waals surface area contributed by atoms with Gasteiger partial charge in [0.2, 0.25) is 0 Å². The van der Waals surface area contributed by atoms with Crippen LogP contribution >= 0.6 is 15.9 Å². The number of benzene rings is 3. The first-order chi connectivity index (χ1) is 16.5. The second-order valence-electron chi connectivity index (χ2n) is 7.75. The molecule has 3 N–H and O–H groups in total. The van der Waals surface area contributed by atoms with Crippen molar-refractivity contribution in [1.29, 1.82) is 0 Å². The highest BCUT2D eigenvalue weighted by Gasteiger charge is 2.30. The summed E-state index contributed by atoms with van der Waals surface area (Å²) in [6, 6.07) is 15.3. The van der Waals surface area contributed by atoms with E-state index in [1.807, 2.05) is 0 Å². The summed E-state index contributed by atoms with van der Waals surface area (Å²) in [6.45, 7) is -0.00259. The van der Waals surface area contributed by atoms with Gasteiger partial charge in [-0.15, -0.1) is 0 Å². The van der Waals surface area contributed by atoms with Crippen LogP contribution in [0.5, 0.6) is 0 Å². The molecule has 10 heteroatoms. The fourth-order valence-electron chi connectivity index (χ4n) is 3.36. The SMILES string of the molecule is O=C(O)CCNC(=O)c1ccc(NC(Cc2ccc(F)c(Br)c2)c2ccc(C(F)(F)F)cc2)cc1. The van der Waals surface area contributed by atoms with Gasteiger partial charge in [0, 0.05) is 17.8 Å². The molecule has 0 aliphatic heterocycles.